The van der Waals surface area contributed by atoms with Crippen LogP contribution in [0.4, 0.5) is 0 Å². The molecular formula is C18H19ClO2. The Kier molecular flexibility index (Phi) is 3.92. The van der Waals surface area contributed by atoms with Crippen molar-refractivity contribution in [3.05, 3.63) is 64.7 Å². The standard InChI is InChI=1S/C18H19ClO2/c1-21-16-9-8-14(19)12-15(16)17(20)18(10-5-11-18)13-6-3-2-4-7-13/h2-4,6-9,12,17,20H,5,10-11H2,1H3. The van der Waals surface area contributed by atoms with Gasteiger partial charge in [-0.15, -0.1) is 0 Å². The van der Waals surface area contributed by atoms with Crippen LogP contribution in [0.5, 0.6) is 5.75 Å². The lowest BCUT2D eigenvalue weighted by molar-refractivity contribution is 0.0252. The Morgan fingerprint density at radius 3 is 2.43 bits per heavy atom. The molecule has 1 N–H and O–H groups in total. The Morgan fingerprint density at radius 2 is 1.86 bits per heavy atom. The van der Waals surface area contributed by atoms with Crippen LogP contribution in [-0.4, -0.2) is 12.2 Å². The van der Waals surface area contributed by atoms with Crippen molar-refractivity contribution in [3.63, 3.8) is 0 Å². The Morgan fingerprint density at radius 1 is 1.14 bits per heavy atom. The molecule has 1 fully saturated rings. The van der Waals surface area contributed by atoms with Crippen LogP contribution in [0.25, 0.3) is 0 Å². The van der Waals surface area contributed by atoms with E-state index in [2.05, 4.69) is 12.1 Å². The normalized spacial score (nSPS) is 17.9. The molecule has 3 rings (SSSR count). The van der Waals surface area contributed by atoms with Gasteiger partial charge in [-0.3, -0.25) is 0 Å². The van der Waals surface area contributed by atoms with Crippen molar-refractivity contribution in [1.82, 2.24) is 0 Å². The van der Waals surface area contributed by atoms with Gasteiger partial charge in [0.1, 0.15) is 5.75 Å². The quantitative estimate of drug-likeness (QED) is 0.901. The molecule has 0 bridgehead atoms. The van der Waals surface area contributed by atoms with E-state index < -0.39 is 6.10 Å². The minimum Gasteiger partial charge on any atom is -0.496 e. The monoisotopic (exact) mass is 302 g/mol. The third-order valence-electron chi connectivity index (χ3n) is 4.60. The second-order valence-corrected chi connectivity index (χ2v) is 6.10. The molecule has 0 aromatic heterocycles. The summed E-state index contributed by atoms with van der Waals surface area (Å²) in [7, 11) is 1.62. The molecule has 1 unspecified atom stereocenters. The zero-order valence-electron chi connectivity index (χ0n) is 12.1. The molecule has 2 aromatic rings. The maximum atomic E-state index is 11.0. The molecule has 0 heterocycles. The Hall–Kier alpha value is -1.51. The van der Waals surface area contributed by atoms with Gasteiger partial charge in [-0.25, -0.2) is 0 Å². The number of halogens is 1. The minimum absolute atomic E-state index is 0.223. The lowest BCUT2D eigenvalue weighted by atomic mass is 9.60. The smallest absolute Gasteiger partial charge is 0.124 e. The van der Waals surface area contributed by atoms with Gasteiger partial charge in [0, 0.05) is 16.0 Å². The minimum atomic E-state index is -0.609. The van der Waals surface area contributed by atoms with Crippen LogP contribution in [0.1, 0.15) is 36.5 Å². The zero-order chi connectivity index (χ0) is 14.9. The van der Waals surface area contributed by atoms with Gasteiger partial charge in [0.05, 0.1) is 13.2 Å². The first kappa shape index (κ1) is 14.4. The molecule has 0 aliphatic heterocycles. The summed E-state index contributed by atoms with van der Waals surface area (Å²) in [6.07, 6.45) is 2.48. The van der Waals surface area contributed by atoms with Crippen molar-refractivity contribution in [2.75, 3.05) is 7.11 Å². The van der Waals surface area contributed by atoms with Crippen LogP contribution >= 0.6 is 11.6 Å². The summed E-state index contributed by atoms with van der Waals surface area (Å²) in [6, 6.07) is 15.7. The number of benzene rings is 2. The van der Waals surface area contributed by atoms with Crippen LogP contribution < -0.4 is 4.74 Å². The van der Waals surface area contributed by atoms with Gasteiger partial charge < -0.3 is 9.84 Å². The topological polar surface area (TPSA) is 29.5 Å². The molecule has 1 aliphatic rings. The largest absolute Gasteiger partial charge is 0.496 e. The summed E-state index contributed by atoms with van der Waals surface area (Å²) in [5, 5.41) is 11.7. The molecule has 21 heavy (non-hydrogen) atoms. The zero-order valence-corrected chi connectivity index (χ0v) is 12.8. The van der Waals surface area contributed by atoms with Crippen molar-refractivity contribution in [1.29, 1.82) is 0 Å². The number of methoxy groups -OCH3 is 1. The third-order valence-corrected chi connectivity index (χ3v) is 4.84. The van der Waals surface area contributed by atoms with Crippen molar-refractivity contribution >= 4 is 11.6 Å². The Labute approximate surface area is 130 Å². The fourth-order valence-corrected chi connectivity index (χ4v) is 3.44. The summed E-state index contributed by atoms with van der Waals surface area (Å²) in [6.45, 7) is 0. The fraction of sp³-hybridized carbons (Fsp3) is 0.333. The predicted molar refractivity (Wildman–Crippen MR) is 84.9 cm³/mol. The van der Waals surface area contributed by atoms with Gasteiger partial charge in [-0.2, -0.15) is 0 Å². The second-order valence-electron chi connectivity index (χ2n) is 5.66. The van der Waals surface area contributed by atoms with E-state index in [1.165, 1.54) is 5.56 Å². The van der Waals surface area contributed by atoms with E-state index in [0.717, 1.165) is 24.8 Å². The average molecular weight is 303 g/mol. The van der Waals surface area contributed by atoms with Crippen molar-refractivity contribution in [2.24, 2.45) is 0 Å². The Balaban J connectivity index is 2.04. The maximum Gasteiger partial charge on any atom is 0.124 e. The molecule has 0 saturated heterocycles. The lowest BCUT2D eigenvalue weighted by Crippen LogP contribution is -2.40. The van der Waals surface area contributed by atoms with E-state index >= 15 is 0 Å². The summed E-state index contributed by atoms with van der Waals surface area (Å²) in [4.78, 5) is 0. The van der Waals surface area contributed by atoms with Crippen LogP contribution in [0.3, 0.4) is 0 Å². The van der Waals surface area contributed by atoms with Crippen molar-refractivity contribution in [3.8, 4) is 5.75 Å². The van der Waals surface area contributed by atoms with E-state index in [-0.39, 0.29) is 5.41 Å². The highest BCUT2D eigenvalue weighted by atomic mass is 35.5. The highest BCUT2D eigenvalue weighted by molar-refractivity contribution is 6.30. The molecular weight excluding hydrogens is 284 g/mol. The summed E-state index contributed by atoms with van der Waals surface area (Å²) in [5.41, 5.74) is 1.73. The van der Waals surface area contributed by atoms with Gasteiger partial charge in [-0.05, 0) is 36.6 Å². The molecule has 1 aliphatic carbocycles. The van der Waals surface area contributed by atoms with E-state index in [0.29, 0.717) is 10.8 Å². The molecule has 0 radical (unpaired) electrons. The number of aliphatic hydroxyl groups is 1. The SMILES string of the molecule is COc1ccc(Cl)cc1C(O)C1(c2ccccc2)CCC1. The average Bonchev–Trinajstić information content (AvgIpc) is 2.47. The number of rotatable bonds is 4. The van der Waals surface area contributed by atoms with Crippen molar-refractivity contribution < 1.29 is 9.84 Å². The van der Waals surface area contributed by atoms with Crippen LogP contribution in [0.2, 0.25) is 5.02 Å². The van der Waals surface area contributed by atoms with E-state index in [1.807, 2.05) is 30.3 Å². The Bertz CT molecular complexity index is 620. The van der Waals surface area contributed by atoms with E-state index in [9.17, 15) is 5.11 Å². The molecule has 1 saturated carbocycles. The van der Waals surface area contributed by atoms with Gasteiger partial charge in [-0.1, -0.05) is 48.4 Å². The molecule has 110 valence electrons. The molecule has 2 nitrogen and oxygen atoms in total. The highest BCUT2D eigenvalue weighted by Crippen LogP contribution is 2.53. The lowest BCUT2D eigenvalue weighted by Gasteiger charge is -2.46. The summed E-state index contributed by atoms with van der Waals surface area (Å²) < 4.78 is 5.40. The molecule has 1 atom stereocenters. The fourth-order valence-electron chi connectivity index (χ4n) is 3.26. The molecule has 3 heteroatoms. The maximum absolute atomic E-state index is 11.0. The number of ether oxygens (including phenoxy) is 1. The van der Waals surface area contributed by atoms with Gasteiger partial charge in [0.25, 0.3) is 0 Å². The first-order chi connectivity index (χ1) is 10.2. The van der Waals surface area contributed by atoms with Crippen LogP contribution in [0, 0.1) is 0 Å². The number of hydrogen-bond donors (Lipinski definition) is 1. The number of aliphatic hydroxyl groups excluding tert-OH is 1. The van der Waals surface area contributed by atoms with Crippen LogP contribution in [0.15, 0.2) is 48.5 Å². The van der Waals surface area contributed by atoms with Gasteiger partial charge >= 0.3 is 0 Å². The predicted octanol–water partition coefficient (Wildman–Crippen LogP) is 4.50. The molecule has 0 amide bonds. The van der Waals surface area contributed by atoms with Gasteiger partial charge in [0.15, 0.2) is 0 Å². The van der Waals surface area contributed by atoms with E-state index in [1.54, 1.807) is 13.2 Å². The van der Waals surface area contributed by atoms with Crippen molar-refractivity contribution in [2.45, 2.75) is 30.8 Å². The molecule has 0 spiro atoms. The summed E-state index contributed by atoms with van der Waals surface area (Å²) in [5.74, 6) is 0.689. The van der Waals surface area contributed by atoms with E-state index in [4.69, 9.17) is 16.3 Å². The second kappa shape index (κ2) is 5.70. The first-order valence-corrected chi connectivity index (χ1v) is 7.62. The first-order valence-electron chi connectivity index (χ1n) is 7.24. The third kappa shape index (κ3) is 2.43. The van der Waals surface area contributed by atoms with Crippen LogP contribution in [-0.2, 0) is 5.41 Å². The molecule has 2 aromatic carbocycles. The summed E-state index contributed by atoms with van der Waals surface area (Å²) >= 11 is 6.11. The van der Waals surface area contributed by atoms with Gasteiger partial charge in [0.2, 0.25) is 0 Å². The highest BCUT2D eigenvalue weighted by Gasteiger charge is 2.46. The number of hydrogen-bond acceptors (Lipinski definition) is 2.